The Kier molecular flexibility index (Phi) is 5.47. The van der Waals surface area contributed by atoms with Gasteiger partial charge in [-0.1, -0.05) is 0 Å². The molecule has 3 aliphatic heterocycles. The van der Waals surface area contributed by atoms with Gasteiger partial charge < -0.3 is 13.7 Å². The first-order valence-electron chi connectivity index (χ1n) is 9.87. The molecule has 0 aliphatic carbocycles. The van der Waals surface area contributed by atoms with Gasteiger partial charge in [-0.3, -0.25) is 0 Å². The number of hydrogen-bond acceptors (Lipinski definition) is 1. The van der Waals surface area contributed by atoms with Crippen LogP contribution in [0.3, 0.4) is 0 Å². The van der Waals surface area contributed by atoms with Gasteiger partial charge in [0.1, 0.15) is 6.54 Å². The van der Waals surface area contributed by atoms with Gasteiger partial charge in [-0.05, 0) is 44.9 Å². The van der Waals surface area contributed by atoms with Crippen LogP contribution in [0.5, 0.6) is 0 Å². The first-order valence-corrected chi connectivity index (χ1v) is 9.87. The number of hydrogen-bond donors (Lipinski definition) is 0. The summed E-state index contributed by atoms with van der Waals surface area (Å²) >= 11 is 0. The van der Waals surface area contributed by atoms with Crippen molar-refractivity contribution in [2.45, 2.75) is 57.4 Å². The summed E-state index contributed by atoms with van der Waals surface area (Å²) in [5, 5.41) is 0. The quantitative estimate of drug-likeness (QED) is 0.560. The molecule has 0 spiro atoms. The third-order valence-corrected chi connectivity index (χ3v) is 7.01. The highest BCUT2D eigenvalue weighted by Crippen LogP contribution is 2.36. The molecule has 0 aromatic rings. The monoisotopic (exact) mass is 310 g/mol. The molecule has 3 heteroatoms. The summed E-state index contributed by atoms with van der Waals surface area (Å²) in [6, 6.07) is 0.891. The SMILES string of the molecule is C[N+]1(CCOC[C@H]2CCC[N+]3(C)CCCC[C@@H]23)CCCCC1. The van der Waals surface area contributed by atoms with Gasteiger partial charge in [0.2, 0.25) is 0 Å². The number of likely N-dealkylation sites (N-methyl/N-ethyl adjacent to an activating group) is 1. The maximum absolute atomic E-state index is 6.21. The van der Waals surface area contributed by atoms with Crippen LogP contribution < -0.4 is 0 Å². The summed E-state index contributed by atoms with van der Waals surface area (Å²) in [6.07, 6.45) is 11.4. The van der Waals surface area contributed by atoms with Crippen LogP contribution >= 0.6 is 0 Å². The molecule has 3 saturated heterocycles. The summed E-state index contributed by atoms with van der Waals surface area (Å²) in [6.45, 7) is 8.78. The van der Waals surface area contributed by atoms with Gasteiger partial charge in [0.05, 0.1) is 59.5 Å². The Morgan fingerprint density at radius 1 is 0.818 bits per heavy atom. The molecule has 3 aliphatic rings. The lowest BCUT2D eigenvalue weighted by Gasteiger charge is -2.51. The molecule has 0 amide bonds. The van der Waals surface area contributed by atoms with Crippen LogP contribution in [-0.2, 0) is 4.74 Å². The molecule has 3 atom stereocenters. The van der Waals surface area contributed by atoms with Crippen molar-refractivity contribution in [2.75, 3.05) is 60.0 Å². The van der Waals surface area contributed by atoms with E-state index in [0.29, 0.717) is 0 Å². The average molecular weight is 311 g/mol. The fraction of sp³-hybridized carbons (Fsp3) is 1.00. The highest BCUT2D eigenvalue weighted by atomic mass is 16.5. The van der Waals surface area contributed by atoms with Crippen molar-refractivity contribution in [1.82, 2.24) is 0 Å². The molecule has 3 nitrogen and oxygen atoms in total. The standard InChI is InChI=1S/C19H38N2O/c1-20(11-5-3-6-12-20)15-16-22-17-18-9-8-14-21(2)13-7-4-10-19(18)21/h18-19H,3-17H2,1-2H3/q+2/t18-,19+,21?/m1/s1. The average Bonchev–Trinajstić information content (AvgIpc) is 2.51. The van der Waals surface area contributed by atoms with Crippen LogP contribution in [0.2, 0.25) is 0 Å². The third-order valence-electron chi connectivity index (χ3n) is 7.01. The number of likely N-dealkylation sites (tertiary alicyclic amines) is 1. The maximum atomic E-state index is 6.21. The predicted molar refractivity (Wildman–Crippen MR) is 91.7 cm³/mol. The van der Waals surface area contributed by atoms with E-state index >= 15 is 0 Å². The van der Waals surface area contributed by atoms with E-state index in [0.717, 1.165) is 25.2 Å². The first kappa shape index (κ1) is 16.7. The molecule has 1 unspecified atom stereocenters. The van der Waals surface area contributed by atoms with Crippen molar-refractivity contribution >= 4 is 0 Å². The molecular formula is C19H38N2O+2. The summed E-state index contributed by atoms with van der Waals surface area (Å²) in [4.78, 5) is 0. The Bertz CT molecular complexity index is 349. The lowest BCUT2D eigenvalue weighted by Crippen LogP contribution is -2.61. The van der Waals surface area contributed by atoms with Crippen LogP contribution in [-0.4, -0.2) is 75.0 Å². The second-order valence-electron chi connectivity index (χ2n) is 8.82. The van der Waals surface area contributed by atoms with E-state index in [2.05, 4.69) is 14.1 Å². The van der Waals surface area contributed by atoms with Crippen LogP contribution in [0.4, 0.5) is 0 Å². The van der Waals surface area contributed by atoms with Gasteiger partial charge in [0.25, 0.3) is 0 Å². The molecule has 0 bridgehead atoms. The zero-order chi connectivity index (χ0) is 15.5. The van der Waals surface area contributed by atoms with Gasteiger partial charge in [-0.2, -0.15) is 0 Å². The van der Waals surface area contributed by atoms with E-state index < -0.39 is 0 Å². The Morgan fingerprint density at radius 3 is 2.36 bits per heavy atom. The second kappa shape index (κ2) is 7.19. The number of rotatable bonds is 5. The van der Waals surface area contributed by atoms with E-state index in [1.807, 2.05) is 0 Å². The molecule has 0 aromatic carbocycles. The Labute approximate surface area is 137 Å². The topological polar surface area (TPSA) is 9.23 Å². The van der Waals surface area contributed by atoms with Crippen LogP contribution in [0, 0.1) is 5.92 Å². The zero-order valence-corrected chi connectivity index (χ0v) is 15.1. The van der Waals surface area contributed by atoms with Crippen LogP contribution in [0.25, 0.3) is 0 Å². The second-order valence-corrected chi connectivity index (χ2v) is 8.82. The lowest BCUT2D eigenvalue weighted by atomic mass is 9.82. The van der Waals surface area contributed by atoms with Gasteiger partial charge in [-0.15, -0.1) is 0 Å². The molecule has 0 radical (unpaired) electrons. The summed E-state index contributed by atoms with van der Waals surface area (Å²) in [5.74, 6) is 0.825. The highest BCUT2D eigenvalue weighted by molar-refractivity contribution is 4.78. The first-order chi connectivity index (χ1) is 10.6. The smallest absolute Gasteiger partial charge is 0.102 e. The lowest BCUT2D eigenvalue weighted by molar-refractivity contribution is -0.947. The van der Waals surface area contributed by atoms with Gasteiger partial charge in [-0.25, -0.2) is 0 Å². The molecule has 0 saturated carbocycles. The van der Waals surface area contributed by atoms with E-state index in [1.54, 1.807) is 0 Å². The number of ether oxygens (including phenoxy) is 1. The highest BCUT2D eigenvalue weighted by Gasteiger charge is 2.43. The van der Waals surface area contributed by atoms with Gasteiger partial charge >= 0.3 is 0 Å². The van der Waals surface area contributed by atoms with Gasteiger partial charge in [0, 0.05) is 12.3 Å². The van der Waals surface area contributed by atoms with Crippen molar-refractivity contribution in [3.8, 4) is 0 Å². The van der Waals surface area contributed by atoms with E-state index in [-0.39, 0.29) is 0 Å². The molecule has 22 heavy (non-hydrogen) atoms. The van der Waals surface area contributed by atoms with Crippen LogP contribution in [0.15, 0.2) is 0 Å². The summed E-state index contributed by atoms with van der Waals surface area (Å²) < 4.78 is 8.81. The maximum Gasteiger partial charge on any atom is 0.102 e. The Hall–Kier alpha value is -0.120. The number of nitrogens with zero attached hydrogens (tertiary/aromatic N) is 2. The molecule has 0 aromatic heterocycles. The largest absolute Gasteiger partial charge is 0.375 e. The van der Waals surface area contributed by atoms with E-state index in [1.165, 1.54) is 93.1 Å². The minimum Gasteiger partial charge on any atom is -0.375 e. The minimum absolute atomic E-state index is 0.825. The number of piperidine rings is 3. The fourth-order valence-corrected chi connectivity index (χ4v) is 5.45. The summed E-state index contributed by atoms with van der Waals surface area (Å²) in [7, 11) is 4.94. The van der Waals surface area contributed by atoms with E-state index in [4.69, 9.17) is 4.74 Å². The molecule has 3 heterocycles. The number of quaternary nitrogens is 2. The fourth-order valence-electron chi connectivity index (χ4n) is 5.45. The number of fused-ring (bicyclic) bond motifs is 1. The van der Waals surface area contributed by atoms with Gasteiger partial charge in [0.15, 0.2) is 0 Å². The molecule has 3 fully saturated rings. The Balaban J connectivity index is 1.43. The van der Waals surface area contributed by atoms with Crippen molar-refractivity contribution < 1.29 is 13.7 Å². The summed E-state index contributed by atoms with van der Waals surface area (Å²) in [5.41, 5.74) is 0. The molecule has 3 rings (SSSR count). The van der Waals surface area contributed by atoms with Crippen LogP contribution in [0.1, 0.15) is 51.4 Å². The predicted octanol–water partition coefficient (Wildman–Crippen LogP) is 3.04. The van der Waals surface area contributed by atoms with E-state index in [9.17, 15) is 0 Å². The normalized spacial score (nSPS) is 38.5. The van der Waals surface area contributed by atoms with Crippen molar-refractivity contribution in [1.29, 1.82) is 0 Å². The van der Waals surface area contributed by atoms with Crippen molar-refractivity contribution in [3.63, 3.8) is 0 Å². The van der Waals surface area contributed by atoms with Crippen molar-refractivity contribution in [3.05, 3.63) is 0 Å². The Morgan fingerprint density at radius 2 is 1.55 bits per heavy atom. The molecule has 128 valence electrons. The zero-order valence-electron chi connectivity index (χ0n) is 15.1. The minimum atomic E-state index is 0.825. The third kappa shape index (κ3) is 3.85. The van der Waals surface area contributed by atoms with Crippen molar-refractivity contribution in [2.24, 2.45) is 5.92 Å². The molecular weight excluding hydrogens is 272 g/mol. The molecule has 0 N–H and O–H groups in total.